The van der Waals surface area contributed by atoms with Gasteiger partial charge in [-0.15, -0.1) is 0 Å². The lowest BCUT2D eigenvalue weighted by molar-refractivity contribution is 0.0946. The minimum atomic E-state index is -0.201. The van der Waals surface area contributed by atoms with Crippen LogP contribution in [0.15, 0.2) is 66.9 Å². The van der Waals surface area contributed by atoms with Crippen LogP contribution in [0.25, 0.3) is 0 Å². The van der Waals surface area contributed by atoms with Gasteiger partial charge in [0, 0.05) is 30.0 Å². The third-order valence-electron chi connectivity index (χ3n) is 3.97. The third kappa shape index (κ3) is 4.83. The van der Waals surface area contributed by atoms with E-state index in [1.54, 1.807) is 12.3 Å². The first-order valence-electron chi connectivity index (χ1n) is 8.39. The van der Waals surface area contributed by atoms with Gasteiger partial charge < -0.3 is 10.6 Å². The van der Waals surface area contributed by atoms with Gasteiger partial charge in [-0.25, -0.2) is 0 Å². The smallest absolute Gasteiger partial charge is 0.270 e. The SMILES string of the molecule is Cc1cccc(CNC(=O)c2cc(NCc3ccccc3Cl)ccn2)c1. The van der Waals surface area contributed by atoms with Crippen molar-refractivity contribution >= 4 is 23.2 Å². The highest BCUT2D eigenvalue weighted by Crippen LogP contribution is 2.17. The number of rotatable bonds is 6. The van der Waals surface area contributed by atoms with Gasteiger partial charge in [-0.3, -0.25) is 9.78 Å². The molecule has 0 spiro atoms. The highest BCUT2D eigenvalue weighted by molar-refractivity contribution is 6.31. The molecule has 0 fully saturated rings. The van der Waals surface area contributed by atoms with E-state index in [0.717, 1.165) is 16.8 Å². The van der Waals surface area contributed by atoms with Crippen molar-refractivity contribution in [3.8, 4) is 0 Å². The number of carbonyl (C=O) groups excluding carboxylic acids is 1. The number of halogens is 1. The molecule has 0 unspecified atom stereocenters. The van der Waals surface area contributed by atoms with Gasteiger partial charge in [-0.2, -0.15) is 0 Å². The average molecular weight is 366 g/mol. The number of amides is 1. The topological polar surface area (TPSA) is 54.0 Å². The fraction of sp³-hybridized carbons (Fsp3) is 0.143. The Morgan fingerprint density at radius 3 is 2.69 bits per heavy atom. The van der Waals surface area contributed by atoms with Crippen molar-refractivity contribution in [1.82, 2.24) is 10.3 Å². The predicted octanol–water partition coefficient (Wildman–Crippen LogP) is 4.59. The first-order chi connectivity index (χ1) is 12.6. The number of aryl methyl sites for hydroxylation is 1. The van der Waals surface area contributed by atoms with Crippen LogP contribution in [0.2, 0.25) is 5.02 Å². The molecule has 3 rings (SSSR count). The fourth-order valence-electron chi connectivity index (χ4n) is 2.60. The largest absolute Gasteiger partial charge is 0.381 e. The Morgan fingerprint density at radius 2 is 1.88 bits per heavy atom. The molecule has 0 radical (unpaired) electrons. The molecule has 2 aromatic carbocycles. The zero-order chi connectivity index (χ0) is 18.4. The van der Waals surface area contributed by atoms with E-state index in [4.69, 9.17) is 11.6 Å². The van der Waals surface area contributed by atoms with E-state index in [1.807, 2.05) is 55.5 Å². The van der Waals surface area contributed by atoms with Gasteiger partial charge in [-0.05, 0) is 36.2 Å². The van der Waals surface area contributed by atoms with E-state index in [-0.39, 0.29) is 5.91 Å². The second kappa shape index (κ2) is 8.50. The molecule has 132 valence electrons. The molecule has 2 N–H and O–H groups in total. The predicted molar refractivity (Wildman–Crippen MR) is 105 cm³/mol. The Morgan fingerprint density at radius 1 is 1.04 bits per heavy atom. The second-order valence-corrected chi connectivity index (χ2v) is 6.45. The van der Waals surface area contributed by atoms with Crippen LogP contribution >= 0.6 is 11.6 Å². The highest BCUT2D eigenvalue weighted by atomic mass is 35.5. The van der Waals surface area contributed by atoms with Crippen LogP contribution in [-0.2, 0) is 13.1 Å². The van der Waals surface area contributed by atoms with Crippen molar-refractivity contribution in [1.29, 1.82) is 0 Å². The van der Waals surface area contributed by atoms with Crippen molar-refractivity contribution in [2.45, 2.75) is 20.0 Å². The molecule has 0 aliphatic rings. The molecular weight excluding hydrogens is 346 g/mol. The maximum atomic E-state index is 12.4. The van der Waals surface area contributed by atoms with E-state index in [1.165, 1.54) is 5.56 Å². The molecule has 5 heteroatoms. The zero-order valence-electron chi connectivity index (χ0n) is 14.5. The molecule has 0 atom stereocenters. The van der Waals surface area contributed by atoms with Crippen LogP contribution in [0.5, 0.6) is 0 Å². The van der Waals surface area contributed by atoms with Gasteiger partial charge >= 0.3 is 0 Å². The standard InChI is InChI=1S/C21H20ClN3O/c1-15-5-4-6-16(11-15)13-25-21(26)20-12-18(9-10-23-20)24-14-17-7-2-3-8-19(17)22/h2-12H,13-14H2,1H3,(H,23,24)(H,25,26). The third-order valence-corrected chi connectivity index (χ3v) is 4.34. The van der Waals surface area contributed by atoms with Gasteiger partial charge in [-0.1, -0.05) is 59.6 Å². The van der Waals surface area contributed by atoms with Gasteiger partial charge in [0.25, 0.3) is 5.91 Å². The first kappa shape index (κ1) is 18.0. The molecular formula is C21H20ClN3O. The molecule has 26 heavy (non-hydrogen) atoms. The van der Waals surface area contributed by atoms with Gasteiger partial charge in [0.2, 0.25) is 0 Å². The molecule has 1 amide bonds. The number of pyridine rings is 1. The Balaban J connectivity index is 1.61. The summed E-state index contributed by atoms with van der Waals surface area (Å²) < 4.78 is 0. The second-order valence-electron chi connectivity index (χ2n) is 6.05. The maximum Gasteiger partial charge on any atom is 0.270 e. The summed E-state index contributed by atoms with van der Waals surface area (Å²) in [6.45, 7) is 3.08. The molecule has 0 saturated carbocycles. The summed E-state index contributed by atoms with van der Waals surface area (Å²) in [5, 5.41) is 6.89. The van der Waals surface area contributed by atoms with Crippen molar-refractivity contribution < 1.29 is 4.79 Å². The van der Waals surface area contributed by atoms with Gasteiger partial charge in [0.15, 0.2) is 0 Å². The van der Waals surface area contributed by atoms with E-state index in [0.29, 0.717) is 23.8 Å². The Hall–Kier alpha value is -2.85. The normalized spacial score (nSPS) is 10.4. The Bertz CT molecular complexity index is 911. The molecule has 4 nitrogen and oxygen atoms in total. The maximum absolute atomic E-state index is 12.4. The van der Waals surface area contributed by atoms with E-state index in [2.05, 4.69) is 21.7 Å². The summed E-state index contributed by atoms with van der Waals surface area (Å²) in [7, 11) is 0. The van der Waals surface area contributed by atoms with Crippen molar-refractivity contribution in [2.75, 3.05) is 5.32 Å². The summed E-state index contributed by atoms with van der Waals surface area (Å²) in [5.41, 5.74) is 4.42. The summed E-state index contributed by atoms with van der Waals surface area (Å²) in [6.07, 6.45) is 1.62. The van der Waals surface area contributed by atoms with Crippen LogP contribution < -0.4 is 10.6 Å². The number of nitrogens with one attached hydrogen (secondary N) is 2. The molecule has 1 aromatic heterocycles. The molecule has 0 saturated heterocycles. The van der Waals surface area contributed by atoms with Crippen molar-refractivity contribution in [2.24, 2.45) is 0 Å². The minimum Gasteiger partial charge on any atom is -0.381 e. The van der Waals surface area contributed by atoms with E-state index in [9.17, 15) is 4.79 Å². The molecule has 0 aliphatic carbocycles. The Kier molecular flexibility index (Phi) is 5.87. The molecule has 3 aromatic rings. The van der Waals surface area contributed by atoms with Crippen LogP contribution in [-0.4, -0.2) is 10.9 Å². The van der Waals surface area contributed by atoms with Crippen LogP contribution in [0.1, 0.15) is 27.2 Å². The number of hydrogen-bond donors (Lipinski definition) is 2. The molecule has 0 aliphatic heterocycles. The first-order valence-corrected chi connectivity index (χ1v) is 8.77. The quantitative estimate of drug-likeness (QED) is 0.672. The van der Waals surface area contributed by atoms with Crippen LogP contribution in [0, 0.1) is 6.92 Å². The van der Waals surface area contributed by atoms with E-state index < -0.39 is 0 Å². The lowest BCUT2D eigenvalue weighted by Crippen LogP contribution is -2.23. The Labute approximate surface area is 158 Å². The summed E-state index contributed by atoms with van der Waals surface area (Å²) in [5.74, 6) is -0.201. The van der Waals surface area contributed by atoms with E-state index >= 15 is 0 Å². The summed E-state index contributed by atoms with van der Waals surface area (Å²) in [4.78, 5) is 16.5. The van der Waals surface area contributed by atoms with Crippen LogP contribution in [0.4, 0.5) is 5.69 Å². The fourth-order valence-corrected chi connectivity index (χ4v) is 2.80. The lowest BCUT2D eigenvalue weighted by atomic mass is 10.1. The lowest BCUT2D eigenvalue weighted by Gasteiger charge is -2.10. The average Bonchev–Trinajstić information content (AvgIpc) is 2.66. The highest BCUT2D eigenvalue weighted by Gasteiger charge is 2.08. The van der Waals surface area contributed by atoms with Crippen LogP contribution in [0.3, 0.4) is 0 Å². The number of anilines is 1. The number of hydrogen-bond acceptors (Lipinski definition) is 3. The molecule has 0 bridgehead atoms. The zero-order valence-corrected chi connectivity index (χ0v) is 15.3. The van der Waals surface area contributed by atoms with Crippen molar-refractivity contribution in [3.63, 3.8) is 0 Å². The minimum absolute atomic E-state index is 0.201. The summed E-state index contributed by atoms with van der Waals surface area (Å²) >= 11 is 6.17. The number of carbonyl (C=O) groups is 1. The van der Waals surface area contributed by atoms with Gasteiger partial charge in [0.1, 0.15) is 5.69 Å². The van der Waals surface area contributed by atoms with Gasteiger partial charge in [0.05, 0.1) is 0 Å². The number of aromatic nitrogens is 1. The number of benzene rings is 2. The number of nitrogens with zero attached hydrogens (tertiary/aromatic N) is 1. The summed E-state index contributed by atoms with van der Waals surface area (Å²) in [6, 6.07) is 19.3. The monoisotopic (exact) mass is 365 g/mol. The van der Waals surface area contributed by atoms with Crippen molar-refractivity contribution in [3.05, 3.63) is 94.3 Å². The molecule has 1 heterocycles.